The molecule has 0 aliphatic rings. The quantitative estimate of drug-likeness (QED) is 0.151. The summed E-state index contributed by atoms with van der Waals surface area (Å²) < 4.78 is 16.5. The summed E-state index contributed by atoms with van der Waals surface area (Å²) >= 11 is 0. The van der Waals surface area contributed by atoms with Gasteiger partial charge in [0.25, 0.3) is 11.6 Å². The Kier molecular flexibility index (Phi) is 8.49. The summed E-state index contributed by atoms with van der Waals surface area (Å²) in [6, 6.07) is 16.6. The molecular formula is C25H23N3O7. The monoisotopic (exact) mass is 477 g/mol. The van der Waals surface area contributed by atoms with Gasteiger partial charge in [0.1, 0.15) is 5.75 Å². The van der Waals surface area contributed by atoms with Crippen molar-refractivity contribution in [2.45, 2.75) is 13.8 Å². The van der Waals surface area contributed by atoms with E-state index in [0.29, 0.717) is 35.8 Å². The van der Waals surface area contributed by atoms with Crippen molar-refractivity contribution in [3.63, 3.8) is 0 Å². The van der Waals surface area contributed by atoms with Gasteiger partial charge in [-0.1, -0.05) is 0 Å². The van der Waals surface area contributed by atoms with Crippen molar-refractivity contribution in [3.05, 3.63) is 93.5 Å². The third-order valence-corrected chi connectivity index (χ3v) is 4.59. The lowest BCUT2D eigenvalue weighted by molar-refractivity contribution is -0.384. The Morgan fingerprint density at radius 1 is 0.914 bits per heavy atom. The Bertz CT molecular complexity index is 1220. The molecule has 0 unspecified atom stereocenters. The minimum Gasteiger partial charge on any atom is -0.494 e. The van der Waals surface area contributed by atoms with Crippen LogP contribution in [0.15, 0.2) is 71.8 Å². The molecule has 1 amide bonds. The van der Waals surface area contributed by atoms with E-state index in [1.165, 1.54) is 30.5 Å². The van der Waals surface area contributed by atoms with Gasteiger partial charge in [-0.25, -0.2) is 10.2 Å². The second-order valence-corrected chi connectivity index (χ2v) is 6.99. The van der Waals surface area contributed by atoms with Gasteiger partial charge in [-0.15, -0.1) is 0 Å². The SMILES string of the molecule is CCOc1ccc(C(=O)Oc2ccc(/C=N\NC(=O)c3ccc([N+](=O)[O-])cc3)cc2OCC)cc1. The number of ether oxygens (including phenoxy) is 3. The fourth-order valence-electron chi connectivity index (χ4n) is 2.93. The fraction of sp³-hybridized carbons (Fsp3) is 0.160. The van der Waals surface area contributed by atoms with Crippen molar-refractivity contribution in [3.8, 4) is 17.2 Å². The van der Waals surface area contributed by atoms with E-state index >= 15 is 0 Å². The number of nitrogens with zero attached hydrogens (tertiary/aromatic N) is 2. The van der Waals surface area contributed by atoms with Crippen LogP contribution in [0.2, 0.25) is 0 Å². The molecule has 0 bridgehead atoms. The third-order valence-electron chi connectivity index (χ3n) is 4.59. The van der Waals surface area contributed by atoms with Gasteiger partial charge in [0.2, 0.25) is 0 Å². The lowest BCUT2D eigenvalue weighted by atomic mass is 10.2. The number of benzene rings is 3. The number of nitro groups is 1. The number of nitro benzene ring substituents is 1. The molecule has 0 atom stereocenters. The Morgan fingerprint density at radius 3 is 2.20 bits per heavy atom. The second kappa shape index (κ2) is 11.9. The molecule has 10 heteroatoms. The van der Waals surface area contributed by atoms with Gasteiger partial charge in [-0.3, -0.25) is 14.9 Å². The molecule has 3 aromatic carbocycles. The number of carbonyl (C=O) groups is 2. The van der Waals surface area contributed by atoms with Crippen LogP contribution in [0.1, 0.15) is 40.1 Å². The molecule has 180 valence electrons. The molecule has 0 aliphatic heterocycles. The smallest absolute Gasteiger partial charge is 0.343 e. The normalized spacial score (nSPS) is 10.6. The molecular weight excluding hydrogens is 454 g/mol. The van der Waals surface area contributed by atoms with Crippen molar-refractivity contribution in [1.82, 2.24) is 5.43 Å². The Labute approximate surface area is 201 Å². The predicted molar refractivity (Wildman–Crippen MR) is 128 cm³/mol. The summed E-state index contributed by atoms with van der Waals surface area (Å²) in [5, 5.41) is 14.6. The fourth-order valence-corrected chi connectivity index (χ4v) is 2.93. The number of amides is 1. The highest BCUT2D eigenvalue weighted by Gasteiger charge is 2.14. The number of carbonyl (C=O) groups excluding carboxylic acids is 2. The summed E-state index contributed by atoms with van der Waals surface area (Å²) in [4.78, 5) is 34.9. The first-order valence-electron chi connectivity index (χ1n) is 10.7. The van der Waals surface area contributed by atoms with Crippen molar-refractivity contribution in [2.24, 2.45) is 5.10 Å². The molecule has 3 rings (SSSR count). The van der Waals surface area contributed by atoms with E-state index in [4.69, 9.17) is 14.2 Å². The summed E-state index contributed by atoms with van der Waals surface area (Å²) in [6.45, 7) is 4.53. The molecule has 1 N–H and O–H groups in total. The highest BCUT2D eigenvalue weighted by Crippen LogP contribution is 2.29. The van der Waals surface area contributed by atoms with Crippen LogP contribution in [-0.4, -0.2) is 36.2 Å². The number of hydrogen-bond donors (Lipinski definition) is 1. The molecule has 0 saturated carbocycles. The number of nitrogens with one attached hydrogen (secondary N) is 1. The second-order valence-electron chi connectivity index (χ2n) is 6.99. The Morgan fingerprint density at radius 2 is 1.57 bits per heavy atom. The van der Waals surface area contributed by atoms with Gasteiger partial charge in [0, 0.05) is 17.7 Å². The molecule has 0 radical (unpaired) electrons. The van der Waals surface area contributed by atoms with E-state index in [9.17, 15) is 19.7 Å². The van der Waals surface area contributed by atoms with Gasteiger partial charge in [-0.2, -0.15) is 5.10 Å². The first-order valence-corrected chi connectivity index (χ1v) is 10.7. The van der Waals surface area contributed by atoms with Crippen LogP contribution in [0.4, 0.5) is 5.69 Å². The molecule has 0 heterocycles. The van der Waals surface area contributed by atoms with E-state index in [-0.39, 0.29) is 17.0 Å². The van der Waals surface area contributed by atoms with E-state index in [0.717, 1.165) is 0 Å². The first kappa shape index (κ1) is 24.9. The zero-order valence-corrected chi connectivity index (χ0v) is 19.1. The average molecular weight is 477 g/mol. The van der Waals surface area contributed by atoms with Crippen molar-refractivity contribution in [1.29, 1.82) is 0 Å². The first-order chi connectivity index (χ1) is 16.9. The van der Waals surface area contributed by atoms with Gasteiger partial charge < -0.3 is 14.2 Å². The summed E-state index contributed by atoms with van der Waals surface area (Å²) in [5.41, 5.74) is 3.40. The maximum atomic E-state index is 12.5. The van der Waals surface area contributed by atoms with Crippen molar-refractivity contribution < 1.29 is 28.7 Å². The average Bonchev–Trinajstić information content (AvgIpc) is 2.86. The van der Waals surface area contributed by atoms with E-state index in [1.54, 1.807) is 49.4 Å². The zero-order chi connectivity index (χ0) is 25.2. The van der Waals surface area contributed by atoms with Gasteiger partial charge >= 0.3 is 5.97 Å². The summed E-state index contributed by atoms with van der Waals surface area (Å²) in [6.07, 6.45) is 1.39. The number of non-ortho nitro benzene ring substituents is 1. The third kappa shape index (κ3) is 6.87. The lowest BCUT2D eigenvalue weighted by Crippen LogP contribution is -2.17. The molecule has 0 spiro atoms. The van der Waals surface area contributed by atoms with Crippen LogP contribution in [0, 0.1) is 10.1 Å². The van der Waals surface area contributed by atoms with E-state index < -0.39 is 16.8 Å². The van der Waals surface area contributed by atoms with Crippen LogP contribution < -0.4 is 19.6 Å². The zero-order valence-electron chi connectivity index (χ0n) is 19.1. The summed E-state index contributed by atoms with van der Waals surface area (Å²) in [5.74, 6) is 0.145. The molecule has 3 aromatic rings. The van der Waals surface area contributed by atoms with Crippen molar-refractivity contribution >= 4 is 23.8 Å². The van der Waals surface area contributed by atoms with Gasteiger partial charge in [-0.05, 0) is 74.0 Å². The number of rotatable bonds is 10. The van der Waals surface area contributed by atoms with Crippen LogP contribution in [-0.2, 0) is 0 Å². The molecule has 0 aliphatic carbocycles. The van der Waals surface area contributed by atoms with Gasteiger partial charge in [0.15, 0.2) is 11.5 Å². The molecule has 10 nitrogen and oxygen atoms in total. The van der Waals surface area contributed by atoms with E-state index in [1.807, 2.05) is 6.92 Å². The Hall–Kier alpha value is -4.73. The summed E-state index contributed by atoms with van der Waals surface area (Å²) in [7, 11) is 0. The number of hydrazone groups is 1. The molecule has 35 heavy (non-hydrogen) atoms. The topological polar surface area (TPSA) is 129 Å². The minimum absolute atomic E-state index is 0.114. The maximum absolute atomic E-state index is 12.5. The van der Waals surface area contributed by atoms with Gasteiger partial charge in [0.05, 0.1) is 29.9 Å². The highest BCUT2D eigenvalue weighted by molar-refractivity contribution is 5.95. The Balaban J connectivity index is 1.66. The number of hydrogen-bond acceptors (Lipinski definition) is 8. The van der Waals surface area contributed by atoms with Crippen LogP contribution in [0.5, 0.6) is 17.2 Å². The molecule has 0 aromatic heterocycles. The lowest BCUT2D eigenvalue weighted by Gasteiger charge is -2.11. The number of esters is 1. The molecule has 0 fully saturated rings. The van der Waals surface area contributed by atoms with Crippen molar-refractivity contribution in [2.75, 3.05) is 13.2 Å². The predicted octanol–water partition coefficient (Wildman–Crippen LogP) is 4.38. The highest BCUT2D eigenvalue weighted by atomic mass is 16.6. The van der Waals surface area contributed by atoms with Crippen LogP contribution in [0.3, 0.4) is 0 Å². The van der Waals surface area contributed by atoms with E-state index in [2.05, 4.69) is 10.5 Å². The molecule has 0 saturated heterocycles. The maximum Gasteiger partial charge on any atom is 0.343 e. The standard InChI is InChI=1S/C25H23N3O7/c1-3-33-21-12-8-19(9-13-21)25(30)35-22-14-5-17(15-23(22)34-4-2)16-26-27-24(29)18-6-10-20(11-7-18)28(31)32/h5-16H,3-4H2,1-2H3,(H,27,29)/b26-16-. The minimum atomic E-state index is -0.550. The van der Waals surface area contributed by atoms with Crippen LogP contribution >= 0.6 is 0 Å². The largest absolute Gasteiger partial charge is 0.494 e. The van der Waals surface area contributed by atoms with Crippen LogP contribution in [0.25, 0.3) is 0 Å².